The van der Waals surface area contributed by atoms with Crippen molar-refractivity contribution in [3.05, 3.63) is 34.9 Å². The highest BCUT2D eigenvalue weighted by Crippen LogP contribution is 2.32. The Morgan fingerprint density at radius 3 is 1.21 bits per heavy atom. The first kappa shape index (κ1) is 59.8. The molecule has 12 heteroatoms. The van der Waals surface area contributed by atoms with Gasteiger partial charge >= 0.3 is 0 Å². The molecular weight excluding hydrogens is 805 g/mol. The Hall–Kier alpha value is -1.26. The van der Waals surface area contributed by atoms with Gasteiger partial charge in [0.15, 0.2) is 6.29 Å². The van der Waals surface area contributed by atoms with Gasteiger partial charge in [-0.2, -0.15) is 0 Å². The van der Waals surface area contributed by atoms with E-state index in [1.54, 1.807) is 0 Å². The van der Waals surface area contributed by atoms with Gasteiger partial charge in [-0.3, -0.25) is 0 Å². The molecule has 12 nitrogen and oxygen atoms in total. The van der Waals surface area contributed by atoms with Gasteiger partial charge in [0.25, 0.3) is 0 Å². The molecule has 0 radical (unpaired) electrons. The van der Waals surface area contributed by atoms with Crippen molar-refractivity contribution in [3.63, 3.8) is 0 Å². The van der Waals surface area contributed by atoms with Crippen LogP contribution in [0.25, 0.3) is 0 Å². The molecule has 0 spiro atoms. The predicted octanol–water partition coefficient (Wildman–Crippen LogP) is 7.75. The molecule has 10 N–H and O–H groups in total. The monoisotopic (exact) mass is 901 g/mol. The van der Waals surface area contributed by atoms with Gasteiger partial charge in [-0.25, -0.2) is 0 Å². The van der Waals surface area contributed by atoms with E-state index in [9.17, 15) is 51.1 Å². The molecule has 372 valence electrons. The highest BCUT2D eigenvalue weighted by molar-refractivity contribution is 5.04. The first-order valence-electron chi connectivity index (χ1n) is 24.2. The van der Waals surface area contributed by atoms with Gasteiger partial charge in [-0.1, -0.05) is 34.9 Å². The van der Waals surface area contributed by atoms with Crippen LogP contribution in [0.2, 0.25) is 0 Å². The minimum atomic E-state index is -1.47. The molecule has 0 unspecified atom stereocenters. The number of allylic oxidation sites excluding steroid dienone is 5. The summed E-state index contributed by atoms with van der Waals surface area (Å²) in [4.78, 5) is 0. The van der Waals surface area contributed by atoms with E-state index in [0.29, 0.717) is 103 Å². The molecule has 0 saturated carbocycles. The largest absolute Gasteiger partial charge is 0.394 e. The Balaban J connectivity index is 2.29. The molecule has 0 aromatic rings. The molecular formula is C51H96O12. The molecule has 1 heterocycles. The zero-order valence-electron chi connectivity index (χ0n) is 41.4. The Labute approximate surface area is 382 Å². The summed E-state index contributed by atoms with van der Waals surface area (Å²) in [7, 11) is 0. The second-order valence-electron chi connectivity index (χ2n) is 21.6. The number of hydrogen-bond donors (Lipinski definition) is 10. The van der Waals surface area contributed by atoms with Crippen LogP contribution in [-0.2, 0) is 9.47 Å². The molecule has 1 saturated heterocycles. The minimum Gasteiger partial charge on any atom is -0.394 e. The summed E-state index contributed by atoms with van der Waals surface area (Å²) in [5, 5.41) is 105. The van der Waals surface area contributed by atoms with Crippen molar-refractivity contribution in [3.8, 4) is 0 Å². The molecule has 1 fully saturated rings. The van der Waals surface area contributed by atoms with E-state index in [1.807, 2.05) is 54.5 Å². The van der Waals surface area contributed by atoms with E-state index in [-0.39, 0.29) is 6.61 Å². The van der Waals surface area contributed by atoms with Crippen LogP contribution in [-0.4, -0.2) is 129 Å². The Morgan fingerprint density at radius 1 is 0.460 bits per heavy atom. The van der Waals surface area contributed by atoms with Gasteiger partial charge in [-0.05, 0) is 210 Å². The van der Waals surface area contributed by atoms with Crippen LogP contribution in [0, 0.1) is 0 Å². The van der Waals surface area contributed by atoms with Gasteiger partial charge < -0.3 is 60.5 Å². The van der Waals surface area contributed by atoms with Crippen LogP contribution in [0.3, 0.4) is 0 Å². The maximum absolute atomic E-state index is 11.1. The lowest BCUT2D eigenvalue weighted by molar-refractivity contribution is -0.298. The summed E-state index contributed by atoms with van der Waals surface area (Å²) in [6.45, 7) is 18.9. The van der Waals surface area contributed by atoms with E-state index >= 15 is 0 Å². The molecule has 63 heavy (non-hydrogen) atoms. The van der Waals surface area contributed by atoms with Crippen LogP contribution >= 0.6 is 0 Å². The van der Waals surface area contributed by atoms with Gasteiger partial charge in [0.1, 0.15) is 24.4 Å². The Kier molecular flexibility index (Phi) is 26.7. The minimum absolute atomic E-state index is 0.150. The zero-order chi connectivity index (χ0) is 48.1. The second kappa shape index (κ2) is 28.2. The smallest absolute Gasteiger partial charge is 0.187 e. The van der Waals surface area contributed by atoms with E-state index in [0.717, 1.165) is 44.1 Å². The number of hydrogen-bond acceptors (Lipinski definition) is 12. The van der Waals surface area contributed by atoms with Crippen LogP contribution in [0.15, 0.2) is 34.9 Å². The highest BCUT2D eigenvalue weighted by Gasteiger charge is 2.44. The van der Waals surface area contributed by atoms with Gasteiger partial charge in [0, 0.05) is 0 Å². The first-order chi connectivity index (χ1) is 29.0. The summed E-state index contributed by atoms with van der Waals surface area (Å²) >= 11 is 0. The van der Waals surface area contributed by atoms with E-state index in [1.165, 1.54) is 11.1 Å². The van der Waals surface area contributed by atoms with Crippen LogP contribution < -0.4 is 0 Å². The van der Waals surface area contributed by atoms with E-state index in [4.69, 9.17) is 9.47 Å². The molecule has 0 aromatic carbocycles. The number of rotatable bonds is 34. The predicted molar refractivity (Wildman–Crippen MR) is 252 cm³/mol. The molecule has 0 aliphatic carbocycles. The topological polar surface area (TPSA) is 221 Å². The van der Waals surface area contributed by atoms with Gasteiger partial charge in [0.2, 0.25) is 0 Å². The highest BCUT2D eigenvalue weighted by atomic mass is 16.7. The van der Waals surface area contributed by atoms with Crippen molar-refractivity contribution in [2.24, 2.45) is 0 Å². The third kappa shape index (κ3) is 27.9. The van der Waals surface area contributed by atoms with Gasteiger partial charge in [-0.15, -0.1) is 0 Å². The number of aliphatic hydroxyl groups is 10. The fourth-order valence-electron chi connectivity index (χ4n) is 8.66. The molecule has 0 amide bonds. The Morgan fingerprint density at radius 2 is 0.825 bits per heavy atom. The van der Waals surface area contributed by atoms with Crippen LogP contribution in [0.5, 0.6) is 0 Å². The van der Waals surface area contributed by atoms with Crippen LogP contribution in [0.4, 0.5) is 0 Å². The molecule has 11 atom stereocenters. The fraction of sp³-hybridized carbons (Fsp3) is 0.882. The lowest BCUT2D eigenvalue weighted by Gasteiger charge is -2.39. The molecule has 0 bridgehead atoms. The summed E-state index contributed by atoms with van der Waals surface area (Å²) in [6, 6.07) is 0. The lowest BCUT2D eigenvalue weighted by Crippen LogP contribution is -2.59. The van der Waals surface area contributed by atoms with E-state index in [2.05, 4.69) is 32.9 Å². The Bertz CT molecular complexity index is 1340. The fourth-order valence-corrected chi connectivity index (χ4v) is 8.66. The molecule has 1 aliphatic heterocycles. The standard InChI is InChI=1S/C51H96O12/c1-38(2)19-12-24-46(5,56)26-14-28-48(7,58)30-16-32-50(9,60)34-18-35-51(10,61)33-17-31-49(8,59)29-15-27-47(6,57)25-13-22-39(3)20-11-21-40(4)23-36-62-45-44(55)43(54)42(53)41(37-52)63-45/h19-20,23,41-45,52-61H,11-18,21-22,24-37H2,1-10H3/b39-20+,40-23+/t41-,42-,43+,44-,45-,46-,47+,48+,49-,50-,51-/m1/s1. The average molecular weight is 901 g/mol. The van der Waals surface area contributed by atoms with Gasteiger partial charge in [0.05, 0.1) is 46.8 Å². The maximum atomic E-state index is 11.1. The van der Waals surface area contributed by atoms with Crippen molar-refractivity contribution in [1.29, 1.82) is 0 Å². The summed E-state index contributed by atoms with van der Waals surface area (Å²) in [5.41, 5.74) is -1.50. The van der Waals surface area contributed by atoms with E-state index < -0.39 is 70.9 Å². The first-order valence-corrected chi connectivity index (χ1v) is 24.2. The molecule has 0 aromatic heterocycles. The quantitative estimate of drug-likeness (QED) is 0.0280. The van der Waals surface area contributed by atoms with Crippen molar-refractivity contribution in [1.82, 2.24) is 0 Å². The normalized spacial score (nSPS) is 25.9. The van der Waals surface area contributed by atoms with Crippen molar-refractivity contribution in [2.45, 2.75) is 275 Å². The molecule has 1 rings (SSSR count). The summed E-state index contributed by atoms with van der Waals surface area (Å²) in [5.74, 6) is 0. The second-order valence-corrected chi connectivity index (χ2v) is 21.6. The maximum Gasteiger partial charge on any atom is 0.187 e. The number of aliphatic hydroxyl groups excluding tert-OH is 4. The van der Waals surface area contributed by atoms with Crippen LogP contribution in [0.1, 0.15) is 210 Å². The summed E-state index contributed by atoms with van der Waals surface area (Å²) < 4.78 is 10.9. The van der Waals surface area contributed by atoms with Crippen molar-refractivity contribution < 1.29 is 60.5 Å². The zero-order valence-corrected chi connectivity index (χ0v) is 41.4. The van der Waals surface area contributed by atoms with Crippen molar-refractivity contribution in [2.75, 3.05) is 13.2 Å². The third-order valence-electron chi connectivity index (χ3n) is 13.2. The SMILES string of the molecule is CC(C)=CCC[C@@](C)(O)CCC[C@](C)(O)CCC[C@@](C)(O)CCC[C@](C)(O)CCC[C@](C)(O)CCC[C@@](C)(O)CCC/C(C)=C/CC/C(C)=C/CO[C@@H]1O[C@H](CO)[C@@H](O)[C@H](O)[C@H]1O. The lowest BCUT2D eigenvalue weighted by atomic mass is 9.83. The summed E-state index contributed by atoms with van der Waals surface area (Å²) in [6.07, 6.45) is 14.6. The van der Waals surface area contributed by atoms with Crippen molar-refractivity contribution >= 4 is 0 Å². The third-order valence-corrected chi connectivity index (χ3v) is 13.2. The number of ether oxygens (including phenoxy) is 2. The molecule has 1 aliphatic rings. The average Bonchev–Trinajstić information content (AvgIpc) is 3.13.